The number of carbonyl (C=O) groups is 3. The number of ether oxygens (including phenoxy) is 1. The molecule has 1 saturated heterocycles. The highest BCUT2D eigenvalue weighted by Gasteiger charge is 2.41. The number of ketones is 1. The summed E-state index contributed by atoms with van der Waals surface area (Å²) in [5, 5.41) is 4.46. The third-order valence-corrected chi connectivity index (χ3v) is 7.91. The summed E-state index contributed by atoms with van der Waals surface area (Å²) in [6, 6.07) is 5.91. The Bertz CT molecular complexity index is 1160. The molecular weight excluding hydrogens is 493 g/mol. The lowest BCUT2D eigenvalue weighted by molar-refractivity contribution is -0.143. The minimum absolute atomic E-state index is 0.00143. The molecule has 1 aromatic carbocycles. The van der Waals surface area contributed by atoms with Crippen molar-refractivity contribution in [2.75, 3.05) is 19.7 Å². The second-order valence-electron chi connectivity index (χ2n) is 9.61. The summed E-state index contributed by atoms with van der Waals surface area (Å²) in [5.74, 6) is -0.507. The molecule has 0 amide bonds. The number of carbonyl (C=O) groups excluding carboxylic acids is 3. The minimum Gasteiger partial charge on any atom is -0.466 e. The van der Waals surface area contributed by atoms with Crippen molar-refractivity contribution < 1.29 is 23.5 Å². The molecule has 2 fully saturated rings. The predicted octanol–water partition coefficient (Wildman–Crippen LogP) is 4.52. The fourth-order valence-electron chi connectivity index (χ4n) is 4.78. The van der Waals surface area contributed by atoms with E-state index in [1.165, 1.54) is 17.8 Å². The molecule has 2 aliphatic rings. The highest BCUT2D eigenvalue weighted by Crippen LogP contribution is 2.40. The average Bonchev–Trinajstić information content (AvgIpc) is 3.62. The van der Waals surface area contributed by atoms with Gasteiger partial charge in [0.15, 0.2) is 10.9 Å². The van der Waals surface area contributed by atoms with Crippen LogP contribution in [0.5, 0.6) is 0 Å². The van der Waals surface area contributed by atoms with E-state index < -0.39 is 6.04 Å². The molecule has 7 nitrogen and oxygen atoms in total. The number of aromatic nitrogens is 2. The third kappa shape index (κ3) is 7.38. The van der Waals surface area contributed by atoms with E-state index in [2.05, 4.69) is 16.1 Å². The maximum Gasteiger partial charge on any atom is 0.306 e. The molecule has 1 aromatic heterocycles. The molecule has 0 bridgehead atoms. The van der Waals surface area contributed by atoms with Gasteiger partial charge in [0.1, 0.15) is 5.82 Å². The van der Waals surface area contributed by atoms with Crippen LogP contribution in [-0.2, 0) is 32.1 Å². The molecule has 2 aromatic rings. The zero-order chi connectivity index (χ0) is 26.4. The van der Waals surface area contributed by atoms with Crippen LogP contribution < -0.4 is 0 Å². The molecule has 1 aliphatic heterocycles. The Balaban J connectivity index is 1.51. The van der Waals surface area contributed by atoms with E-state index >= 15 is 0 Å². The molecule has 9 heteroatoms. The first-order chi connectivity index (χ1) is 17.9. The summed E-state index contributed by atoms with van der Waals surface area (Å²) in [6.45, 7) is 5.31. The van der Waals surface area contributed by atoms with Gasteiger partial charge in [0.05, 0.1) is 25.4 Å². The molecule has 0 radical (unpaired) electrons. The van der Waals surface area contributed by atoms with Gasteiger partial charge in [-0.25, -0.2) is 4.39 Å². The Morgan fingerprint density at radius 1 is 1.24 bits per heavy atom. The van der Waals surface area contributed by atoms with Crippen molar-refractivity contribution in [2.24, 2.45) is 5.92 Å². The smallest absolute Gasteiger partial charge is 0.306 e. The van der Waals surface area contributed by atoms with Crippen LogP contribution in [0.1, 0.15) is 56.7 Å². The molecule has 37 heavy (non-hydrogen) atoms. The number of esters is 1. The largest absolute Gasteiger partial charge is 0.466 e. The highest BCUT2D eigenvalue weighted by molar-refractivity contribution is 8.14. The summed E-state index contributed by atoms with van der Waals surface area (Å²) >= 11 is 1.31. The average molecular weight is 528 g/mol. The lowest BCUT2D eigenvalue weighted by Crippen LogP contribution is -2.43. The first kappa shape index (κ1) is 27.3. The Morgan fingerprint density at radius 2 is 2.03 bits per heavy atom. The second kappa shape index (κ2) is 12.6. The normalized spacial score (nSPS) is 20.1. The number of allylic oxidation sites excluding steroid dienone is 1. The summed E-state index contributed by atoms with van der Waals surface area (Å²) in [5.41, 5.74) is 2.41. The topological polar surface area (TPSA) is 81.5 Å². The van der Waals surface area contributed by atoms with E-state index in [-0.39, 0.29) is 33.9 Å². The number of likely N-dealkylation sites (tertiary alicyclic amines) is 1. The van der Waals surface area contributed by atoms with Crippen molar-refractivity contribution in [1.82, 2.24) is 14.7 Å². The molecule has 1 saturated carbocycles. The summed E-state index contributed by atoms with van der Waals surface area (Å²) in [7, 11) is 0. The van der Waals surface area contributed by atoms with Gasteiger partial charge < -0.3 is 4.74 Å². The van der Waals surface area contributed by atoms with Gasteiger partial charge in [-0.15, -0.1) is 0 Å². The molecule has 4 rings (SSSR count). The second-order valence-corrected chi connectivity index (χ2v) is 11.0. The number of Topliss-reactive ketones (excluding diaryl/α,β-unsaturated/α-hetero) is 1. The maximum absolute atomic E-state index is 14.8. The van der Waals surface area contributed by atoms with Gasteiger partial charge in [-0.1, -0.05) is 36.0 Å². The van der Waals surface area contributed by atoms with Crippen molar-refractivity contribution in [1.29, 1.82) is 0 Å². The van der Waals surface area contributed by atoms with Crippen LogP contribution >= 0.6 is 11.8 Å². The van der Waals surface area contributed by atoms with E-state index in [1.807, 2.05) is 6.20 Å². The number of halogens is 1. The third-order valence-electron chi connectivity index (χ3n) is 6.75. The van der Waals surface area contributed by atoms with Crippen LogP contribution in [0, 0.1) is 11.7 Å². The number of hydrogen-bond acceptors (Lipinski definition) is 7. The lowest BCUT2D eigenvalue weighted by Gasteiger charge is -2.38. The Morgan fingerprint density at radius 3 is 2.73 bits per heavy atom. The van der Waals surface area contributed by atoms with Crippen LogP contribution in [0.2, 0.25) is 0 Å². The Labute approximate surface area is 221 Å². The number of hydrogen-bond donors (Lipinski definition) is 0. The number of piperidine rings is 1. The van der Waals surface area contributed by atoms with E-state index in [1.54, 1.807) is 42.9 Å². The molecule has 2 unspecified atom stereocenters. The van der Waals surface area contributed by atoms with Crippen LogP contribution in [0.3, 0.4) is 0 Å². The van der Waals surface area contributed by atoms with Crippen LogP contribution in [-0.4, -0.2) is 56.5 Å². The molecular formula is C28H34FN3O4S. The van der Waals surface area contributed by atoms with Crippen LogP contribution in [0.15, 0.2) is 48.3 Å². The van der Waals surface area contributed by atoms with E-state index in [9.17, 15) is 18.8 Å². The summed E-state index contributed by atoms with van der Waals surface area (Å²) in [4.78, 5) is 39.0. The van der Waals surface area contributed by atoms with Gasteiger partial charge in [-0.3, -0.25) is 24.0 Å². The van der Waals surface area contributed by atoms with Gasteiger partial charge in [-0.2, -0.15) is 5.10 Å². The summed E-state index contributed by atoms with van der Waals surface area (Å²) < 4.78 is 21.6. The number of nitrogens with zero attached hydrogens (tertiary/aromatic N) is 3. The van der Waals surface area contributed by atoms with Gasteiger partial charge >= 0.3 is 5.97 Å². The quantitative estimate of drug-likeness (QED) is 0.314. The first-order valence-electron chi connectivity index (χ1n) is 12.9. The highest BCUT2D eigenvalue weighted by atomic mass is 32.2. The predicted molar refractivity (Wildman–Crippen MR) is 140 cm³/mol. The monoisotopic (exact) mass is 527 g/mol. The maximum atomic E-state index is 14.8. The van der Waals surface area contributed by atoms with Crippen molar-refractivity contribution >= 4 is 28.6 Å². The fourth-order valence-corrected chi connectivity index (χ4v) is 5.72. The Hall–Kier alpha value is -2.78. The van der Waals surface area contributed by atoms with Crippen LogP contribution in [0.25, 0.3) is 0 Å². The number of benzene rings is 1. The van der Waals surface area contributed by atoms with Gasteiger partial charge in [0.2, 0.25) is 0 Å². The SMILES string of the molecule is CCOC(=O)CCc1cnn(CC=C2CN(C(C(=O)C3CC3)c3ccccc3F)CCC2SC(C)=O)c1. The molecule has 0 spiro atoms. The van der Waals surface area contributed by atoms with Crippen molar-refractivity contribution in [3.8, 4) is 0 Å². The summed E-state index contributed by atoms with van der Waals surface area (Å²) in [6.07, 6.45) is 9.00. The lowest BCUT2D eigenvalue weighted by atomic mass is 9.93. The minimum atomic E-state index is -0.625. The van der Waals surface area contributed by atoms with Gasteiger partial charge in [0, 0.05) is 49.4 Å². The van der Waals surface area contributed by atoms with E-state index in [0.717, 1.165) is 24.0 Å². The van der Waals surface area contributed by atoms with Crippen molar-refractivity contribution in [3.05, 3.63) is 65.3 Å². The Kier molecular flexibility index (Phi) is 9.32. The van der Waals surface area contributed by atoms with Crippen molar-refractivity contribution in [3.63, 3.8) is 0 Å². The standard InChI is InChI=1S/C28H34FN3O4S/c1-3-36-26(34)11-8-20-16-30-32(17-20)15-12-22-18-31(14-13-25(22)37-19(2)33)27(28(35)21-9-10-21)23-6-4-5-7-24(23)29/h4-7,12,16-17,21,25,27H,3,8-11,13-15,18H2,1-2H3. The van der Waals surface area contributed by atoms with E-state index in [0.29, 0.717) is 51.1 Å². The number of rotatable bonds is 11. The van der Waals surface area contributed by atoms with E-state index in [4.69, 9.17) is 4.74 Å². The van der Waals surface area contributed by atoms with Gasteiger partial charge in [0.25, 0.3) is 0 Å². The first-order valence-corrected chi connectivity index (χ1v) is 13.8. The fraction of sp³-hybridized carbons (Fsp3) is 0.500. The molecule has 0 N–H and O–H groups in total. The molecule has 198 valence electrons. The number of aryl methyl sites for hydroxylation is 1. The zero-order valence-electron chi connectivity index (χ0n) is 21.4. The van der Waals surface area contributed by atoms with Crippen molar-refractivity contribution in [2.45, 2.75) is 63.8 Å². The van der Waals surface area contributed by atoms with Gasteiger partial charge in [-0.05, 0) is 49.8 Å². The zero-order valence-corrected chi connectivity index (χ0v) is 22.2. The number of thioether (sulfide) groups is 1. The molecule has 2 atom stereocenters. The molecule has 1 aliphatic carbocycles. The molecule has 2 heterocycles. The van der Waals surface area contributed by atoms with Crippen LogP contribution in [0.4, 0.5) is 4.39 Å².